The van der Waals surface area contributed by atoms with Crippen LogP contribution in [0.1, 0.15) is 58.4 Å². The maximum atomic E-state index is 13.6. The zero-order chi connectivity index (χ0) is 19.0. The van der Waals surface area contributed by atoms with E-state index in [0.717, 1.165) is 56.7 Å². The van der Waals surface area contributed by atoms with E-state index >= 15 is 0 Å². The summed E-state index contributed by atoms with van der Waals surface area (Å²) >= 11 is 0. The number of hydrogen-bond donors (Lipinski definition) is 3. The van der Waals surface area contributed by atoms with Gasteiger partial charge in [0, 0.05) is 31.7 Å². The van der Waals surface area contributed by atoms with E-state index < -0.39 is 0 Å². The summed E-state index contributed by atoms with van der Waals surface area (Å²) in [5.74, 6) is 0.633. The van der Waals surface area contributed by atoms with Gasteiger partial charge in [0.15, 0.2) is 5.96 Å². The molecule has 154 valence electrons. The van der Waals surface area contributed by atoms with Crippen molar-refractivity contribution in [3.05, 3.63) is 35.6 Å². The number of nitrogens with one attached hydrogen (secondary N) is 2. The van der Waals surface area contributed by atoms with Crippen LogP contribution in [-0.4, -0.2) is 37.3 Å². The third kappa shape index (κ3) is 6.59. The fraction of sp³-hybridized carbons (Fsp3) is 0.667. The maximum absolute atomic E-state index is 13.6. The van der Waals surface area contributed by atoms with Crippen LogP contribution in [0.2, 0.25) is 0 Å². The molecule has 6 heteroatoms. The number of aliphatic hydroxyl groups is 1. The van der Waals surface area contributed by atoms with E-state index in [9.17, 15) is 9.50 Å². The molecule has 27 heavy (non-hydrogen) atoms. The van der Waals surface area contributed by atoms with Crippen LogP contribution in [0.5, 0.6) is 0 Å². The molecule has 0 amide bonds. The highest BCUT2D eigenvalue weighted by Crippen LogP contribution is 2.47. The van der Waals surface area contributed by atoms with Crippen LogP contribution in [0, 0.1) is 11.2 Å². The first-order valence-electron chi connectivity index (χ1n) is 9.92. The summed E-state index contributed by atoms with van der Waals surface area (Å²) in [6, 6.07) is 6.95. The molecule has 0 heterocycles. The summed E-state index contributed by atoms with van der Waals surface area (Å²) in [4.78, 5) is 4.80. The van der Waals surface area contributed by atoms with Gasteiger partial charge in [-0.2, -0.15) is 0 Å². The summed E-state index contributed by atoms with van der Waals surface area (Å²) < 4.78 is 13.6. The van der Waals surface area contributed by atoms with Gasteiger partial charge in [0.1, 0.15) is 5.82 Å². The van der Waals surface area contributed by atoms with Crippen LogP contribution < -0.4 is 10.6 Å². The number of aliphatic imine (C=N–C) groups is 1. The lowest BCUT2D eigenvalue weighted by Crippen LogP contribution is -2.42. The normalized spacial score (nSPS) is 15.8. The van der Waals surface area contributed by atoms with Crippen molar-refractivity contribution in [1.29, 1.82) is 0 Å². The van der Waals surface area contributed by atoms with Gasteiger partial charge in [0.25, 0.3) is 0 Å². The van der Waals surface area contributed by atoms with E-state index in [1.807, 2.05) is 6.07 Å². The molecule has 1 fully saturated rings. The molecule has 0 bridgehead atoms. The average molecular weight is 491 g/mol. The fourth-order valence-electron chi connectivity index (χ4n) is 3.52. The monoisotopic (exact) mass is 491 g/mol. The van der Waals surface area contributed by atoms with Gasteiger partial charge in [-0.25, -0.2) is 4.39 Å². The smallest absolute Gasteiger partial charge is 0.191 e. The van der Waals surface area contributed by atoms with Crippen molar-refractivity contribution < 1.29 is 9.50 Å². The van der Waals surface area contributed by atoms with Crippen LogP contribution >= 0.6 is 24.0 Å². The fourth-order valence-corrected chi connectivity index (χ4v) is 3.52. The number of guanidine groups is 1. The minimum absolute atomic E-state index is 0. The summed E-state index contributed by atoms with van der Waals surface area (Å²) in [5.41, 5.74) is 1.14. The van der Waals surface area contributed by atoms with Gasteiger partial charge >= 0.3 is 0 Å². The summed E-state index contributed by atoms with van der Waals surface area (Å²) in [6.45, 7) is 8.83. The first kappa shape index (κ1) is 24.1. The molecule has 0 aromatic heterocycles. The van der Waals surface area contributed by atoms with Crippen molar-refractivity contribution in [2.24, 2.45) is 10.4 Å². The molecule has 0 saturated heterocycles. The highest BCUT2D eigenvalue weighted by Gasteiger charge is 2.44. The third-order valence-electron chi connectivity index (χ3n) is 5.94. The van der Waals surface area contributed by atoms with Crippen LogP contribution in [-0.2, 0) is 5.41 Å². The predicted molar refractivity (Wildman–Crippen MR) is 121 cm³/mol. The number of halogens is 2. The average Bonchev–Trinajstić information content (AvgIpc) is 3.44. The SMILES string of the molecule is CCNC(=NCC(CC)(CC)CCO)NCC1(c2cccc(F)c2)CC1.I. The molecule has 1 saturated carbocycles. The van der Waals surface area contributed by atoms with E-state index in [2.05, 4.69) is 31.4 Å². The van der Waals surface area contributed by atoms with Crippen molar-refractivity contribution in [1.82, 2.24) is 10.6 Å². The van der Waals surface area contributed by atoms with E-state index in [-0.39, 0.29) is 47.2 Å². The summed E-state index contributed by atoms with van der Waals surface area (Å²) in [7, 11) is 0. The Bertz CT molecular complexity index is 601. The Labute approximate surface area is 180 Å². The second-order valence-corrected chi connectivity index (χ2v) is 7.52. The number of hydrogen-bond acceptors (Lipinski definition) is 2. The van der Waals surface area contributed by atoms with Gasteiger partial charge in [-0.05, 0) is 62.1 Å². The molecule has 0 aliphatic heterocycles. The lowest BCUT2D eigenvalue weighted by molar-refractivity contribution is 0.175. The number of aliphatic hydroxyl groups excluding tert-OH is 1. The minimum atomic E-state index is -0.172. The highest BCUT2D eigenvalue weighted by atomic mass is 127. The second kappa shape index (κ2) is 11.2. The number of nitrogens with zero attached hydrogens (tertiary/aromatic N) is 1. The molecule has 1 aliphatic carbocycles. The molecule has 0 spiro atoms. The topological polar surface area (TPSA) is 56.7 Å². The largest absolute Gasteiger partial charge is 0.396 e. The first-order valence-corrected chi connectivity index (χ1v) is 9.92. The molecule has 1 aromatic carbocycles. The second-order valence-electron chi connectivity index (χ2n) is 7.52. The molecular formula is C21H35FIN3O. The molecule has 0 atom stereocenters. The van der Waals surface area contributed by atoms with Gasteiger partial charge in [0.2, 0.25) is 0 Å². The molecular weight excluding hydrogens is 456 g/mol. The lowest BCUT2D eigenvalue weighted by atomic mass is 9.79. The molecule has 2 rings (SSSR count). The maximum Gasteiger partial charge on any atom is 0.191 e. The zero-order valence-corrected chi connectivity index (χ0v) is 19.2. The Hall–Kier alpha value is -0.890. The molecule has 0 radical (unpaired) electrons. The Balaban J connectivity index is 0.00000364. The van der Waals surface area contributed by atoms with E-state index in [4.69, 9.17) is 4.99 Å². The predicted octanol–water partition coefficient (Wildman–Crippen LogP) is 4.22. The number of benzene rings is 1. The Morgan fingerprint density at radius 1 is 1.22 bits per heavy atom. The van der Waals surface area contributed by atoms with Crippen molar-refractivity contribution >= 4 is 29.9 Å². The minimum Gasteiger partial charge on any atom is -0.396 e. The van der Waals surface area contributed by atoms with Crippen LogP contribution in [0.3, 0.4) is 0 Å². The van der Waals surface area contributed by atoms with Crippen LogP contribution in [0.4, 0.5) is 4.39 Å². The van der Waals surface area contributed by atoms with E-state index in [1.54, 1.807) is 12.1 Å². The molecule has 0 unspecified atom stereocenters. The Morgan fingerprint density at radius 3 is 2.44 bits per heavy atom. The van der Waals surface area contributed by atoms with Gasteiger partial charge < -0.3 is 15.7 Å². The van der Waals surface area contributed by atoms with E-state index in [1.165, 1.54) is 6.07 Å². The molecule has 1 aliphatic rings. The summed E-state index contributed by atoms with van der Waals surface area (Å²) in [5, 5.41) is 16.2. The van der Waals surface area contributed by atoms with Gasteiger partial charge in [-0.15, -0.1) is 24.0 Å². The molecule has 3 N–H and O–H groups in total. The standard InChI is InChI=1S/C21H34FN3O.HI/c1-4-20(5-2,12-13-26)15-24-19(23-6-3)25-16-21(10-11-21)17-8-7-9-18(22)14-17;/h7-9,14,26H,4-6,10-13,15-16H2,1-3H3,(H2,23,24,25);1H. The zero-order valence-electron chi connectivity index (χ0n) is 16.9. The van der Waals surface area contributed by atoms with Crippen molar-refractivity contribution in [3.63, 3.8) is 0 Å². The summed E-state index contributed by atoms with van der Waals surface area (Å²) in [6.07, 6.45) is 4.92. The Morgan fingerprint density at radius 2 is 1.93 bits per heavy atom. The van der Waals surface area contributed by atoms with Crippen LogP contribution in [0.25, 0.3) is 0 Å². The van der Waals surface area contributed by atoms with Gasteiger partial charge in [0.05, 0.1) is 0 Å². The van der Waals surface area contributed by atoms with Crippen molar-refractivity contribution in [3.8, 4) is 0 Å². The molecule has 1 aromatic rings. The van der Waals surface area contributed by atoms with Crippen LogP contribution in [0.15, 0.2) is 29.3 Å². The van der Waals surface area contributed by atoms with Gasteiger partial charge in [-0.3, -0.25) is 4.99 Å². The number of rotatable bonds is 10. The molecule has 4 nitrogen and oxygen atoms in total. The highest BCUT2D eigenvalue weighted by molar-refractivity contribution is 14.0. The first-order chi connectivity index (χ1) is 12.5. The van der Waals surface area contributed by atoms with Crippen molar-refractivity contribution in [2.45, 2.75) is 58.3 Å². The lowest BCUT2D eigenvalue weighted by Gasteiger charge is -2.29. The van der Waals surface area contributed by atoms with E-state index in [0.29, 0.717) is 6.54 Å². The quantitative estimate of drug-likeness (QED) is 0.261. The van der Waals surface area contributed by atoms with Crippen molar-refractivity contribution in [2.75, 3.05) is 26.2 Å². The Kier molecular flexibility index (Phi) is 10.0. The van der Waals surface area contributed by atoms with Gasteiger partial charge in [-0.1, -0.05) is 26.0 Å². The third-order valence-corrected chi connectivity index (χ3v) is 5.94.